The fourth-order valence-corrected chi connectivity index (χ4v) is 2.83. The summed E-state index contributed by atoms with van der Waals surface area (Å²) in [4.78, 5) is 14.4. The molecule has 0 unspecified atom stereocenters. The quantitative estimate of drug-likeness (QED) is 0.851. The van der Waals surface area contributed by atoms with Crippen LogP contribution in [0.4, 0.5) is 17.6 Å². The van der Waals surface area contributed by atoms with Crippen molar-refractivity contribution in [3.63, 3.8) is 0 Å². The molecule has 0 saturated carbocycles. The van der Waals surface area contributed by atoms with Crippen molar-refractivity contribution in [2.24, 2.45) is 0 Å². The zero-order chi connectivity index (χ0) is 18.0. The lowest BCUT2D eigenvalue weighted by atomic mass is 9.87. The number of nitrogens with one attached hydrogen (secondary N) is 1. The predicted molar refractivity (Wildman–Crippen MR) is 79.7 cm³/mol. The van der Waals surface area contributed by atoms with Gasteiger partial charge in [-0.15, -0.1) is 0 Å². The zero-order valence-corrected chi connectivity index (χ0v) is 13.5. The third-order valence-electron chi connectivity index (χ3n) is 4.39. The highest BCUT2D eigenvalue weighted by Crippen LogP contribution is 2.31. The van der Waals surface area contributed by atoms with Crippen molar-refractivity contribution >= 4 is 5.91 Å². The molecule has 134 valence electrons. The Balaban J connectivity index is 2.07. The molecule has 1 aromatic rings. The number of rotatable bonds is 4. The highest BCUT2D eigenvalue weighted by atomic mass is 19.4. The maximum absolute atomic E-state index is 13.6. The molecule has 0 spiro atoms. The van der Waals surface area contributed by atoms with E-state index in [0.29, 0.717) is 32.1 Å². The van der Waals surface area contributed by atoms with Crippen LogP contribution in [0.1, 0.15) is 24.0 Å². The van der Waals surface area contributed by atoms with Gasteiger partial charge in [-0.3, -0.25) is 9.69 Å². The van der Waals surface area contributed by atoms with Crippen LogP contribution in [0, 0.1) is 5.82 Å². The first kappa shape index (κ1) is 18.7. The molecule has 24 heavy (non-hydrogen) atoms. The number of likely N-dealkylation sites (N-methyl/N-ethyl adjacent to an activating group) is 1. The lowest BCUT2D eigenvalue weighted by Crippen LogP contribution is -2.58. The molecular weight excluding hydrogens is 328 g/mol. The molecule has 1 saturated heterocycles. The molecule has 0 atom stereocenters. The van der Waals surface area contributed by atoms with E-state index in [1.807, 2.05) is 4.90 Å². The van der Waals surface area contributed by atoms with E-state index in [1.165, 1.54) is 6.07 Å². The summed E-state index contributed by atoms with van der Waals surface area (Å²) in [7, 11) is 3.59. The van der Waals surface area contributed by atoms with Crippen LogP contribution >= 0.6 is 0 Å². The molecule has 1 aliphatic heterocycles. The maximum Gasteiger partial charge on any atom is 0.419 e. The minimum atomic E-state index is -4.73. The van der Waals surface area contributed by atoms with Gasteiger partial charge < -0.3 is 10.1 Å². The van der Waals surface area contributed by atoms with Crippen LogP contribution in [0.25, 0.3) is 0 Å². The first-order valence-electron chi connectivity index (χ1n) is 7.56. The average molecular weight is 348 g/mol. The third-order valence-corrected chi connectivity index (χ3v) is 4.39. The molecule has 0 aliphatic carbocycles. The number of ether oxygens (including phenoxy) is 1. The summed E-state index contributed by atoms with van der Waals surface area (Å²) in [5.41, 5.74) is -1.76. The summed E-state index contributed by atoms with van der Waals surface area (Å²) in [6.45, 7) is 0.880. The van der Waals surface area contributed by atoms with Gasteiger partial charge in [-0.05, 0) is 44.6 Å². The number of carbonyl (C=O) groups excluding carboxylic acids is 1. The maximum atomic E-state index is 13.6. The van der Waals surface area contributed by atoms with E-state index in [0.717, 1.165) is 6.07 Å². The second kappa shape index (κ2) is 7.06. The van der Waals surface area contributed by atoms with Crippen molar-refractivity contribution in [2.75, 3.05) is 27.3 Å². The Morgan fingerprint density at radius 3 is 2.42 bits per heavy atom. The molecule has 1 aliphatic rings. The fraction of sp³-hybridized carbons (Fsp3) is 0.562. The van der Waals surface area contributed by atoms with Crippen molar-refractivity contribution in [2.45, 2.75) is 31.1 Å². The van der Waals surface area contributed by atoms with E-state index in [-0.39, 0.29) is 18.0 Å². The van der Waals surface area contributed by atoms with Crippen molar-refractivity contribution in [1.82, 2.24) is 10.2 Å². The second-order valence-corrected chi connectivity index (χ2v) is 6.03. The summed E-state index contributed by atoms with van der Waals surface area (Å²) in [6, 6.07) is 2.65. The van der Waals surface area contributed by atoms with Gasteiger partial charge in [0.25, 0.3) is 0 Å². The molecule has 0 bridgehead atoms. The Kier molecular flexibility index (Phi) is 5.49. The van der Waals surface area contributed by atoms with Crippen LogP contribution in [0.15, 0.2) is 18.2 Å². The van der Waals surface area contributed by atoms with E-state index < -0.39 is 23.1 Å². The summed E-state index contributed by atoms with van der Waals surface area (Å²) < 4.78 is 56.5. The standard InChI is InChI=1S/C16H20F4N2O2/c1-22(2)15(5-7-24-8-6-15)14(23)21-10-11-3-4-12(13(17)9-11)16(18,19)20/h3-4,9H,5-8,10H2,1-2H3,(H,21,23). The minimum Gasteiger partial charge on any atom is -0.381 e. The van der Waals surface area contributed by atoms with Gasteiger partial charge in [0.2, 0.25) is 5.91 Å². The van der Waals surface area contributed by atoms with E-state index in [2.05, 4.69) is 5.32 Å². The molecule has 1 aromatic carbocycles. The molecule has 1 fully saturated rings. The molecule has 0 radical (unpaired) electrons. The SMILES string of the molecule is CN(C)C1(C(=O)NCc2ccc(C(F)(F)F)c(F)c2)CCOCC1. The average Bonchev–Trinajstić information content (AvgIpc) is 2.51. The smallest absolute Gasteiger partial charge is 0.381 e. The molecule has 1 N–H and O–H groups in total. The molecule has 4 nitrogen and oxygen atoms in total. The molecular formula is C16H20F4N2O2. The van der Waals surface area contributed by atoms with Gasteiger partial charge in [0.05, 0.1) is 5.56 Å². The van der Waals surface area contributed by atoms with Gasteiger partial charge in [0.1, 0.15) is 11.4 Å². The number of amides is 1. The number of halogens is 4. The van der Waals surface area contributed by atoms with Gasteiger partial charge in [0, 0.05) is 19.8 Å². The van der Waals surface area contributed by atoms with Crippen molar-refractivity contribution in [3.8, 4) is 0 Å². The Morgan fingerprint density at radius 2 is 1.92 bits per heavy atom. The molecule has 8 heteroatoms. The molecule has 1 heterocycles. The second-order valence-electron chi connectivity index (χ2n) is 6.03. The number of nitrogens with zero attached hydrogens (tertiary/aromatic N) is 1. The number of hydrogen-bond donors (Lipinski definition) is 1. The third kappa shape index (κ3) is 3.87. The van der Waals surface area contributed by atoms with E-state index in [1.54, 1.807) is 14.1 Å². The number of benzene rings is 1. The summed E-state index contributed by atoms with van der Waals surface area (Å²) in [6.07, 6.45) is -3.69. The van der Waals surface area contributed by atoms with Crippen LogP contribution in [0.3, 0.4) is 0 Å². The topological polar surface area (TPSA) is 41.6 Å². The first-order chi connectivity index (χ1) is 11.2. The van der Waals surface area contributed by atoms with E-state index in [4.69, 9.17) is 4.74 Å². The first-order valence-corrected chi connectivity index (χ1v) is 7.56. The highest BCUT2D eigenvalue weighted by Gasteiger charge is 2.42. The minimum absolute atomic E-state index is 0.0374. The van der Waals surface area contributed by atoms with Crippen LogP contribution in [-0.2, 0) is 22.3 Å². The lowest BCUT2D eigenvalue weighted by molar-refractivity contribution is -0.140. The van der Waals surface area contributed by atoms with Crippen LogP contribution in [0.2, 0.25) is 0 Å². The normalized spacial score (nSPS) is 17.8. The monoisotopic (exact) mass is 348 g/mol. The van der Waals surface area contributed by atoms with Crippen molar-refractivity contribution in [3.05, 3.63) is 35.1 Å². The van der Waals surface area contributed by atoms with Crippen LogP contribution in [-0.4, -0.2) is 43.7 Å². The Labute approximate surface area is 137 Å². The highest BCUT2D eigenvalue weighted by molar-refractivity contribution is 5.86. The molecule has 1 amide bonds. The van der Waals surface area contributed by atoms with Gasteiger partial charge in [-0.1, -0.05) is 6.07 Å². The number of carbonyl (C=O) groups is 1. The Morgan fingerprint density at radius 1 is 1.29 bits per heavy atom. The van der Waals surface area contributed by atoms with E-state index in [9.17, 15) is 22.4 Å². The van der Waals surface area contributed by atoms with Crippen LogP contribution < -0.4 is 5.32 Å². The van der Waals surface area contributed by atoms with Gasteiger partial charge >= 0.3 is 6.18 Å². The fourth-order valence-electron chi connectivity index (χ4n) is 2.83. The summed E-state index contributed by atoms with van der Waals surface area (Å²) in [5, 5.41) is 2.69. The number of alkyl halides is 3. The van der Waals surface area contributed by atoms with Crippen molar-refractivity contribution < 1.29 is 27.1 Å². The van der Waals surface area contributed by atoms with Crippen molar-refractivity contribution in [1.29, 1.82) is 0 Å². The number of hydrogen-bond acceptors (Lipinski definition) is 3. The van der Waals surface area contributed by atoms with Crippen LogP contribution in [0.5, 0.6) is 0 Å². The molecule has 2 rings (SSSR count). The summed E-state index contributed by atoms with van der Waals surface area (Å²) >= 11 is 0. The van der Waals surface area contributed by atoms with Gasteiger partial charge in [-0.25, -0.2) is 4.39 Å². The zero-order valence-electron chi connectivity index (χ0n) is 13.5. The summed E-state index contributed by atoms with van der Waals surface area (Å²) in [5.74, 6) is -1.58. The predicted octanol–water partition coefficient (Wildman–Crippen LogP) is 2.57. The van der Waals surface area contributed by atoms with E-state index >= 15 is 0 Å². The Bertz CT molecular complexity index is 596. The van der Waals surface area contributed by atoms with Gasteiger partial charge in [-0.2, -0.15) is 13.2 Å². The largest absolute Gasteiger partial charge is 0.419 e. The Hall–Kier alpha value is -1.67. The molecule has 0 aromatic heterocycles. The lowest BCUT2D eigenvalue weighted by Gasteiger charge is -2.41. The van der Waals surface area contributed by atoms with Gasteiger partial charge in [0.15, 0.2) is 0 Å².